The lowest BCUT2D eigenvalue weighted by Gasteiger charge is -2.40. The van der Waals surface area contributed by atoms with E-state index >= 15 is 0 Å². The van der Waals surface area contributed by atoms with Crippen LogP contribution < -0.4 is 5.32 Å². The molecule has 3 aromatic rings. The maximum Gasteiger partial charge on any atom is 0.232 e. The fourth-order valence-electron chi connectivity index (χ4n) is 3.84. The summed E-state index contributed by atoms with van der Waals surface area (Å²) in [5, 5.41) is 14.9. The van der Waals surface area contributed by atoms with Gasteiger partial charge in [0.2, 0.25) is 5.91 Å². The Kier molecular flexibility index (Phi) is 4.07. The minimum Gasteiger partial charge on any atom is -0.508 e. The first-order valence-corrected chi connectivity index (χ1v) is 9.04. The molecule has 3 N–H and O–H groups in total. The molecule has 1 aromatic carbocycles. The third kappa shape index (κ3) is 2.61. The van der Waals surface area contributed by atoms with Crippen LogP contribution in [0.2, 0.25) is 0 Å². The number of nitrogens with zero attached hydrogens (tertiary/aromatic N) is 2. The van der Waals surface area contributed by atoms with Crippen molar-refractivity contribution in [2.24, 2.45) is 0 Å². The Labute approximate surface area is 152 Å². The molecule has 1 saturated carbocycles. The van der Waals surface area contributed by atoms with Crippen LogP contribution in [0, 0.1) is 0 Å². The Morgan fingerprint density at radius 2 is 2.12 bits per heavy atom. The number of H-pyrrole nitrogens is 1. The van der Waals surface area contributed by atoms with Crippen molar-refractivity contribution in [3.8, 4) is 5.75 Å². The number of carbonyl (C=O) groups excluding carboxylic acids is 1. The van der Waals surface area contributed by atoms with Crippen molar-refractivity contribution in [1.29, 1.82) is 0 Å². The number of benzene rings is 1. The number of hydrogen-bond donors (Lipinski definition) is 3. The van der Waals surface area contributed by atoms with E-state index in [9.17, 15) is 9.90 Å². The molecular weight excluding hydrogens is 328 g/mol. The van der Waals surface area contributed by atoms with Crippen LogP contribution >= 0.6 is 0 Å². The molecule has 26 heavy (non-hydrogen) atoms. The zero-order chi connectivity index (χ0) is 18.3. The van der Waals surface area contributed by atoms with Crippen LogP contribution in [-0.2, 0) is 10.2 Å². The summed E-state index contributed by atoms with van der Waals surface area (Å²) < 4.78 is 0. The molecule has 6 nitrogen and oxygen atoms in total. The Balaban J connectivity index is 1.76. The van der Waals surface area contributed by atoms with E-state index in [1.807, 2.05) is 26.2 Å². The largest absolute Gasteiger partial charge is 0.508 e. The number of pyridine rings is 1. The van der Waals surface area contributed by atoms with Gasteiger partial charge in [0, 0.05) is 35.6 Å². The van der Waals surface area contributed by atoms with E-state index in [0.29, 0.717) is 6.54 Å². The number of phenolic OH excluding ortho intramolecular Hbond substituents is 1. The molecule has 0 aliphatic heterocycles. The van der Waals surface area contributed by atoms with Gasteiger partial charge in [0.1, 0.15) is 5.75 Å². The molecule has 4 rings (SSSR count). The molecule has 0 bridgehead atoms. The third-order valence-corrected chi connectivity index (χ3v) is 5.44. The summed E-state index contributed by atoms with van der Waals surface area (Å²) in [5.74, 6) is 0.295. The monoisotopic (exact) mass is 352 g/mol. The molecule has 0 spiro atoms. The van der Waals surface area contributed by atoms with Crippen molar-refractivity contribution < 1.29 is 9.90 Å². The van der Waals surface area contributed by atoms with Gasteiger partial charge in [0.15, 0.2) is 0 Å². The topological polar surface area (TPSA) is 81.2 Å². The number of aromatic amines is 1. The second kappa shape index (κ2) is 6.29. The van der Waals surface area contributed by atoms with Crippen LogP contribution in [0.25, 0.3) is 21.8 Å². The van der Waals surface area contributed by atoms with Gasteiger partial charge in [-0.3, -0.25) is 9.78 Å². The Morgan fingerprint density at radius 1 is 1.31 bits per heavy atom. The van der Waals surface area contributed by atoms with E-state index in [4.69, 9.17) is 0 Å². The molecule has 2 aromatic heterocycles. The van der Waals surface area contributed by atoms with Crippen molar-refractivity contribution in [2.75, 3.05) is 27.2 Å². The highest BCUT2D eigenvalue weighted by Gasteiger charge is 2.48. The molecule has 0 saturated heterocycles. The number of fused-ring (bicyclic) bond motifs is 3. The number of amides is 1. The van der Waals surface area contributed by atoms with Crippen LogP contribution in [-0.4, -0.2) is 53.1 Å². The molecule has 1 aliphatic carbocycles. The normalized spacial score (nSPS) is 16.1. The van der Waals surface area contributed by atoms with Gasteiger partial charge in [-0.15, -0.1) is 0 Å². The molecular formula is C20H24N4O2. The quantitative estimate of drug-likeness (QED) is 0.659. The standard InChI is InChI=1S/C20H24N4O2/c1-24(2)11-10-22-19(26)20(7-3-8-20)18-17-14(6-9-21-18)15-12-13(25)4-5-16(15)23-17/h4-6,9,12,23,25H,3,7-8,10-11H2,1-2H3,(H,22,26). The summed E-state index contributed by atoms with van der Waals surface area (Å²) in [6.45, 7) is 1.44. The van der Waals surface area contributed by atoms with Crippen LogP contribution in [0.4, 0.5) is 0 Å². The summed E-state index contributed by atoms with van der Waals surface area (Å²) >= 11 is 0. The molecule has 6 heteroatoms. The fourth-order valence-corrected chi connectivity index (χ4v) is 3.84. The second-order valence-electron chi connectivity index (χ2n) is 7.43. The SMILES string of the molecule is CN(C)CCNC(=O)C1(c2nccc3c2[nH]c2ccc(O)cc23)CCC1. The van der Waals surface area contributed by atoms with Gasteiger partial charge in [-0.05, 0) is 51.2 Å². The van der Waals surface area contributed by atoms with E-state index in [-0.39, 0.29) is 11.7 Å². The molecule has 2 heterocycles. The molecule has 1 fully saturated rings. The average Bonchev–Trinajstić information content (AvgIpc) is 2.92. The Morgan fingerprint density at radius 3 is 2.81 bits per heavy atom. The number of rotatable bonds is 5. The Bertz CT molecular complexity index is 973. The second-order valence-corrected chi connectivity index (χ2v) is 7.43. The van der Waals surface area contributed by atoms with Crippen LogP contribution in [0.3, 0.4) is 0 Å². The van der Waals surface area contributed by atoms with E-state index in [1.165, 1.54) is 0 Å². The third-order valence-electron chi connectivity index (χ3n) is 5.44. The van der Waals surface area contributed by atoms with Crippen LogP contribution in [0.5, 0.6) is 5.75 Å². The lowest BCUT2D eigenvalue weighted by atomic mass is 9.65. The maximum absolute atomic E-state index is 13.0. The van der Waals surface area contributed by atoms with Crippen LogP contribution in [0.1, 0.15) is 25.0 Å². The molecule has 0 radical (unpaired) electrons. The molecule has 136 valence electrons. The first-order valence-electron chi connectivity index (χ1n) is 9.04. The molecule has 0 atom stereocenters. The van der Waals surface area contributed by atoms with Crippen molar-refractivity contribution in [1.82, 2.24) is 20.2 Å². The lowest BCUT2D eigenvalue weighted by Crippen LogP contribution is -2.51. The smallest absolute Gasteiger partial charge is 0.232 e. The van der Waals surface area contributed by atoms with Gasteiger partial charge in [-0.1, -0.05) is 6.42 Å². The van der Waals surface area contributed by atoms with Gasteiger partial charge in [0.05, 0.1) is 16.6 Å². The fraction of sp³-hybridized carbons (Fsp3) is 0.400. The minimum absolute atomic E-state index is 0.0621. The van der Waals surface area contributed by atoms with Gasteiger partial charge < -0.3 is 20.3 Å². The van der Waals surface area contributed by atoms with Gasteiger partial charge in [-0.2, -0.15) is 0 Å². The summed E-state index contributed by atoms with van der Waals surface area (Å²) in [6, 6.07) is 7.22. The van der Waals surface area contributed by atoms with Gasteiger partial charge in [0.25, 0.3) is 0 Å². The van der Waals surface area contributed by atoms with Crippen LogP contribution in [0.15, 0.2) is 30.5 Å². The summed E-state index contributed by atoms with van der Waals surface area (Å²) in [6.07, 6.45) is 4.42. The highest BCUT2D eigenvalue weighted by molar-refractivity contribution is 6.09. The van der Waals surface area contributed by atoms with Gasteiger partial charge in [-0.25, -0.2) is 0 Å². The summed E-state index contributed by atoms with van der Waals surface area (Å²) in [5.41, 5.74) is 2.10. The maximum atomic E-state index is 13.0. The number of aromatic nitrogens is 2. The molecule has 1 aliphatic rings. The minimum atomic E-state index is -0.561. The van der Waals surface area contributed by atoms with E-state index in [1.54, 1.807) is 18.3 Å². The molecule has 0 unspecified atom stereocenters. The molecule has 1 amide bonds. The van der Waals surface area contributed by atoms with E-state index in [0.717, 1.165) is 53.3 Å². The van der Waals surface area contributed by atoms with Crippen molar-refractivity contribution >= 4 is 27.7 Å². The first-order chi connectivity index (χ1) is 12.5. The highest BCUT2D eigenvalue weighted by Crippen LogP contribution is 2.46. The van der Waals surface area contributed by atoms with Crippen molar-refractivity contribution in [3.05, 3.63) is 36.2 Å². The predicted molar refractivity (Wildman–Crippen MR) is 102 cm³/mol. The Hall–Kier alpha value is -2.60. The number of likely N-dealkylation sites (N-methyl/N-ethyl adjacent to an activating group) is 1. The number of carbonyl (C=O) groups is 1. The number of nitrogens with one attached hydrogen (secondary N) is 2. The predicted octanol–water partition coefficient (Wildman–Crippen LogP) is 2.52. The number of aromatic hydroxyl groups is 1. The van der Waals surface area contributed by atoms with E-state index in [2.05, 4.69) is 20.2 Å². The summed E-state index contributed by atoms with van der Waals surface area (Å²) in [4.78, 5) is 23.1. The first kappa shape index (κ1) is 16.8. The number of phenols is 1. The lowest BCUT2D eigenvalue weighted by molar-refractivity contribution is -0.130. The summed E-state index contributed by atoms with van der Waals surface area (Å²) in [7, 11) is 3.99. The van der Waals surface area contributed by atoms with Crippen molar-refractivity contribution in [2.45, 2.75) is 24.7 Å². The highest BCUT2D eigenvalue weighted by atomic mass is 16.3. The van der Waals surface area contributed by atoms with Gasteiger partial charge >= 0.3 is 0 Å². The number of hydrogen-bond acceptors (Lipinski definition) is 4. The van der Waals surface area contributed by atoms with E-state index < -0.39 is 5.41 Å². The van der Waals surface area contributed by atoms with Crippen molar-refractivity contribution in [3.63, 3.8) is 0 Å². The average molecular weight is 352 g/mol. The zero-order valence-corrected chi connectivity index (χ0v) is 15.2. The zero-order valence-electron chi connectivity index (χ0n) is 15.2.